The van der Waals surface area contributed by atoms with Crippen LogP contribution in [-0.4, -0.2) is 76.6 Å². The van der Waals surface area contributed by atoms with E-state index in [-0.39, 0.29) is 24.7 Å². The lowest BCUT2D eigenvalue weighted by molar-refractivity contribution is 0.0712. The number of fused-ring (bicyclic) bond motifs is 2. The number of nitrogens with zero attached hydrogens (tertiary/aromatic N) is 4. The largest absolute Gasteiger partial charge is 0.491 e. The van der Waals surface area contributed by atoms with Crippen LogP contribution in [0.15, 0.2) is 28.8 Å². The van der Waals surface area contributed by atoms with Gasteiger partial charge < -0.3 is 29.9 Å². The summed E-state index contributed by atoms with van der Waals surface area (Å²) in [7, 11) is 0. The van der Waals surface area contributed by atoms with Crippen LogP contribution in [0, 0.1) is 25.2 Å². The van der Waals surface area contributed by atoms with Gasteiger partial charge in [-0.3, -0.25) is 4.90 Å². The number of urea groups is 1. The Labute approximate surface area is 197 Å². The van der Waals surface area contributed by atoms with Crippen LogP contribution < -0.4 is 15.4 Å². The summed E-state index contributed by atoms with van der Waals surface area (Å²) in [5.41, 5.74) is 1.77. The molecule has 3 heterocycles. The second-order valence-corrected chi connectivity index (χ2v) is 8.71. The quantitative estimate of drug-likeness (QED) is 0.562. The number of nitriles is 1. The lowest BCUT2D eigenvalue weighted by Gasteiger charge is -2.42. The fourth-order valence-corrected chi connectivity index (χ4v) is 4.69. The molecule has 0 aliphatic carbocycles. The standard InChI is InChI=1S/C23H28N6O5/c1-14-21(15(2)34-27-14)26-22(30)28-11-18-5-6-19(12-28)29(18)10-17(25-23(31)32)13-33-20-7-3-16(9-24)4-8-20/h3-4,7-8,17-19,25H,5-6,10-13H2,1-2H3,(H,26,30)(H,31,32)/t17-,18?,19?/m0/s1. The number of amides is 3. The zero-order valence-electron chi connectivity index (χ0n) is 19.2. The Hall–Kier alpha value is -3.78. The van der Waals surface area contributed by atoms with E-state index in [0.717, 1.165) is 12.8 Å². The molecule has 1 aromatic heterocycles. The Morgan fingerprint density at radius 1 is 1.26 bits per heavy atom. The van der Waals surface area contributed by atoms with Gasteiger partial charge in [-0.05, 0) is 51.0 Å². The maximum atomic E-state index is 12.9. The number of anilines is 1. The van der Waals surface area contributed by atoms with Crippen molar-refractivity contribution in [1.82, 2.24) is 20.3 Å². The normalized spacial score (nSPS) is 20.4. The summed E-state index contributed by atoms with van der Waals surface area (Å²) in [4.78, 5) is 28.3. The van der Waals surface area contributed by atoms with Crippen LogP contribution in [0.4, 0.5) is 15.3 Å². The molecular formula is C23H28N6O5. The minimum atomic E-state index is -1.11. The van der Waals surface area contributed by atoms with Gasteiger partial charge in [-0.2, -0.15) is 5.26 Å². The van der Waals surface area contributed by atoms with Crippen LogP contribution in [0.25, 0.3) is 0 Å². The molecule has 180 valence electrons. The van der Waals surface area contributed by atoms with E-state index >= 15 is 0 Å². The summed E-state index contributed by atoms with van der Waals surface area (Å²) in [5.74, 6) is 1.14. The highest BCUT2D eigenvalue weighted by molar-refractivity contribution is 5.90. The van der Waals surface area contributed by atoms with Crippen LogP contribution in [0.3, 0.4) is 0 Å². The lowest BCUT2D eigenvalue weighted by atomic mass is 10.1. The molecule has 2 unspecified atom stereocenters. The smallest absolute Gasteiger partial charge is 0.405 e. The summed E-state index contributed by atoms with van der Waals surface area (Å²) in [6, 6.07) is 8.40. The molecule has 2 aliphatic heterocycles. The van der Waals surface area contributed by atoms with E-state index in [4.69, 9.17) is 14.5 Å². The van der Waals surface area contributed by atoms with Crippen molar-refractivity contribution in [3.8, 4) is 11.8 Å². The minimum absolute atomic E-state index is 0.141. The molecule has 2 aromatic rings. The van der Waals surface area contributed by atoms with Gasteiger partial charge in [0.2, 0.25) is 0 Å². The van der Waals surface area contributed by atoms with Gasteiger partial charge >= 0.3 is 12.1 Å². The SMILES string of the molecule is Cc1noc(C)c1NC(=O)N1CC2CCC(C1)N2C[C@@H](COc1ccc(C#N)cc1)NC(=O)O. The van der Waals surface area contributed by atoms with Gasteiger partial charge in [0.1, 0.15) is 23.7 Å². The van der Waals surface area contributed by atoms with Crippen LogP contribution in [0.1, 0.15) is 29.9 Å². The maximum Gasteiger partial charge on any atom is 0.405 e. The molecule has 4 rings (SSSR count). The first-order valence-corrected chi connectivity index (χ1v) is 11.2. The van der Waals surface area contributed by atoms with E-state index in [1.165, 1.54) is 0 Å². The molecule has 34 heavy (non-hydrogen) atoms. The van der Waals surface area contributed by atoms with Crippen LogP contribution in [-0.2, 0) is 0 Å². The third kappa shape index (κ3) is 5.23. The van der Waals surface area contributed by atoms with E-state index in [1.54, 1.807) is 43.0 Å². The highest BCUT2D eigenvalue weighted by Gasteiger charge is 2.42. The molecule has 2 bridgehead atoms. The first kappa shape index (κ1) is 23.4. The van der Waals surface area contributed by atoms with Crippen molar-refractivity contribution >= 4 is 17.8 Å². The van der Waals surface area contributed by atoms with E-state index in [9.17, 15) is 14.7 Å². The topological polar surface area (TPSA) is 144 Å². The van der Waals surface area contributed by atoms with E-state index in [1.807, 2.05) is 0 Å². The highest BCUT2D eigenvalue weighted by Crippen LogP contribution is 2.31. The van der Waals surface area contributed by atoms with Crippen molar-refractivity contribution in [3.05, 3.63) is 41.3 Å². The average molecular weight is 469 g/mol. The third-order valence-electron chi connectivity index (χ3n) is 6.38. The van der Waals surface area contributed by atoms with Crippen molar-refractivity contribution < 1.29 is 24.0 Å². The van der Waals surface area contributed by atoms with E-state index in [2.05, 4.69) is 26.8 Å². The van der Waals surface area contributed by atoms with E-state index in [0.29, 0.717) is 48.1 Å². The van der Waals surface area contributed by atoms with Crippen molar-refractivity contribution in [2.75, 3.05) is 31.6 Å². The highest BCUT2D eigenvalue weighted by atomic mass is 16.5. The van der Waals surface area contributed by atoms with Gasteiger partial charge in [-0.15, -0.1) is 0 Å². The molecular weight excluding hydrogens is 440 g/mol. The molecule has 2 aliphatic rings. The summed E-state index contributed by atoms with van der Waals surface area (Å²) >= 11 is 0. The summed E-state index contributed by atoms with van der Waals surface area (Å²) < 4.78 is 10.9. The predicted molar refractivity (Wildman–Crippen MR) is 122 cm³/mol. The first-order chi connectivity index (χ1) is 16.3. The molecule has 11 nitrogen and oxygen atoms in total. The van der Waals surface area contributed by atoms with Gasteiger partial charge in [-0.1, -0.05) is 5.16 Å². The number of piperazine rings is 1. The zero-order chi connectivity index (χ0) is 24.2. The number of hydrogen-bond acceptors (Lipinski definition) is 7. The third-order valence-corrected chi connectivity index (χ3v) is 6.38. The Kier molecular flexibility index (Phi) is 6.88. The molecule has 2 saturated heterocycles. The Bertz CT molecular complexity index is 1050. The Morgan fingerprint density at radius 2 is 1.94 bits per heavy atom. The molecule has 1 aromatic carbocycles. The Balaban J connectivity index is 1.36. The maximum absolute atomic E-state index is 12.9. The number of carboxylic acid groups (broad SMARTS) is 1. The zero-order valence-corrected chi connectivity index (χ0v) is 19.2. The molecule has 0 saturated carbocycles. The van der Waals surface area contributed by atoms with E-state index < -0.39 is 12.1 Å². The second-order valence-electron chi connectivity index (χ2n) is 8.71. The van der Waals surface area contributed by atoms with Crippen LogP contribution in [0.2, 0.25) is 0 Å². The van der Waals surface area contributed by atoms with Gasteiger partial charge in [0.25, 0.3) is 0 Å². The summed E-state index contributed by atoms with van der Waals surface area (Å²) in [6.07, 6.45) is 0.768. The van der Waals surface area contributed by atoms with Gasteiger partial charge in [0.05, 0.1) is 17.7 Å². The van der Waals surface area contributed by atoms with Crippen LogP contribution >= 0.6 is 0 Å². The first-order valence-electron chi connectivity index (χ1n) is 11.2. The van der Waals surface area contributed by atoms with Crippen LogP contribution in [0.5, 0.6) is 5.75 Å². The predicted octanol–water partition coefficient (Wildman–Crippen LogP) is 2.56. The number of carbonyl (C=O) groups is 2. The number of nitrogens with one attached hydrogen (secondary N) is 2. The molecule has 11 heteroatoms. The van der Waals surface area contributed by atoms with Crippen molar-refractivity contribution in [1.29, 1.82) is 5.26 Å². The number of benzene rings is 1. The molecule has 3 N–H and O–H groups in total. The summed E-state index contributed by atoms with van der Waals surface area (Å²) in [6.45, 7) is 5.29. The fraction of sp³-hybridized carbons (Fsp3) is 0.478. The molecule has 0 radical (unpaired) electrons. The Morgan fingerprint density at radius 3 is 2.50 bits per heavy atom. The fourth-order valence-electron chi connectivity index (χ4n) is 4.69. The number of aromatic nitrogens is 1. The summed E-state index contributed by atoms with van der Waals surface area (Å²) in [5, 5.41) is 27.6. The molecule has 2 fully saturated rings. The van der Waals surface area contributed by atoms with Gasteiger partial charge in [-0.25, -0.2) is 9.59 Å². The minimum Gasteiger partial charge on any atom is -0.491 e. The lowest BCUT2D eigenvalue weighted by Crippen LogP contribution is -2.59. The van der Waals surface area contributed by atoms with Gasteiger partial charge in [0, 0.05) is 31.7 Å². The molecule has 3 amide bonds. The van der Waals surface area contributed by atoms with Crippen molar-refractivity contribution in [2.24, 2.45) is 0 Å². The number of aryl methyl sites for hydroxylation is 2. The second kappa shape index (κ2) is 10.0. The average Bonchev–Trinajstić information content (AvgIpc) is 3.24. The monoisotopic (exact) mass is 468 g/mol. The molecule has 0 spiro atoms. The number of rotatable bonds is 7. The number of likely N-dealkylation sites (tertiary alicyclic amines) is 1. The van der Waals surface area contributed by atoms with Crippen molar-refractivity contribution in [2.45, 2.75) is 44.8 Å². The number of hydrogen-bond donors (Lipinski definition) is 3. The number of ether oxygens (including phenoxy) is 1. The molecule has 3 atom stereocenters. The van der Waals surface area contributed by atoms with Crippen molar-refractivity contribution in [3.63, 3.8) is 0 Å². The van der Waals surface area contributed by atoms with Gasteiger partial charge in [0.15, 0.2) is 5.76 Å². The number of carbonyl (C=O) groups excluding carboxylic acids is 1.